The van der Waals surface area contributed by atoms with Crippen molar-refractivity contribution in [1.82, 2.24) is 10.2 Å². The summed E-state index contributed by atoms with van der Waals surface area (Å²) in [5, 5.41) is 2.46. The van der Waals surface area contributed by atoms with Gasteiger partial charge in [-0.05, 0) is 43.3 Å². The van der Waals surface area contributed by atoms with Crippen LogP contribution in [0.3, 0.4) is 0 Å². The van der Waals surface area contributed by atoms with Crippen LogP contribution in [0.25, 0.3) is 0 Å². The van der Waals surface area contributed by atoms with Crippen molar-refractivity contribution in [3.05, 3.63) is 59.2 Å². The van der Waals surface area contributed by atoms with Gasteiger partial charge in [-0.3, -0.25) is 9.69 Å². The molecule has 27 heavy (non-hydrogen) atoms. The number of benzene rings is 2. The predicted octanol–water partition coefficient (Wildman–Crippen LogP) is 2.95. The maximum Gasteiger partial charge on any atom is 0.325 e. The Labute approximate surface area is 154 Å². The Morgan fingerprint density at radius 1 is 1.07 bits per heavy atom. The minimum atomic E-state index is -1.71. The number of imide groups is 1. The zero-order valence-corrected chi connectivity index (χ0v) is 15.0. The molecule has 0 radical (unpaired) electrons. The quantitative estimate of drug-likeness (QED) is 0.815. The largest absolute Gasteiger partial charge is 0.497 e. The van der Waals surface area contributed by atoms with Crippen LogP contribution in [0.2, 0.25) is 0 Å². The summed E-state index contributed by atoms with van der Waals surface area (Å²) in [6.07, 6.45) is 0. The first-order chi connectivity index (χ1) is 12.8. The lowest BCUT2D eigenvalue weighted by Crippen LogP contribution is -2.41. The van der Waals surface area contributed by atoms with E-state index >= 15 is 0 Å². The number of nitrogens with zero attached hydrogens (tertiary/aromatic N) is 1. The van der Waals surface area contributed by atoms with Crippen molar-refractivity contribution in [3.8, 4) is 11.5 Å². The van der Waals surface area contributed by atoms with Crippen LogP contribution in [0.5, 0.6) is 11.5 Å². The summed E-state index contributed by atoms with van der Waals surface area (Å²) in [5.74, 6) is -1.20. The molecule has 0 aromatic heterocycles. The summed E-state index contributed by atoms with van der Waals surface area (Å²) in [4.78, 5) is 26.3. The highest BCUT2D eigenvalue weighted by molar-refractivity contribution is 6.07. The molecule has 8 heteroatoms. The standard InChI is InChI=1S/C19H18F2N2O4/c1-19(14-9-12(20)4-6-15(14)21)17(24)23(18(25)22-19)10-11-8-13(26-2)5-7-16(11)27-3/h4-9H,10H2,1-3H3,(H,22,25)/t19-/m1/s1. The van der Waals surface area contributed by atoms with Crippen LogP contribution in [0.1, 0.15) is 18.1 Å². The molecular weight excluding hydrogens is 358 g/mol. The second-order valence-corrected chi connectivity index (χ2v) is 6.25. The van der Waals surface area contributed by atoms with Crippen LogP contribution >= 0.6 is 0 Å². The molecule has 0 saturated carbocycles. The molecule has 1 fully saturated rings. The van der Waals surface area contributed by atoms with Crippen LogP contribution in [0.4, 0.5) is 13.6 Å². The molecule has 1 saturated heterocycles. The lowest BCUT2D eigenvalue weighted by atomic mass is 9.91. The van der Waals surface area contributed by atoms with Crippen molar-refractivity contribution in [2.75, 3.05) is 14.2 Å². The van der Waals surface area contributed by atoms with E-state index < -0.39 is 29.1 Å². The van der Waals surface area contributed by atoms with Crippen molar-refractivity contribution >= 4 is 11.9 Å². The SMILES string of the molecule is COc1ccc(OC)c(CN2C(=O)N[C@](C)(c3cc(F)ccc3F)C2=O)c1. The fourth-order valence-electron chi connectivity index (χ4n) is 3.08. The van der Waals surface area contributed by atoms with E-state index in [2.05, 4.69) is 5.32 Å². The van der Waals surface area contributed by atoms with Gasteiger partial charge >= 0.3 is 6.03 Å². The third-order valence-electron chi connectivity index (χ3n) is 4.56. The first-order valence-corrected chi connectivity index (χ1v) is 8.10. The molecule has 1 aliphatic rings. The number of urea groups is 1. The van der Waals surface area contributed by atoms with E-state index in [0.29, 0.717) is 17.1 Å². The van der Waals surface area contributed by atoms with E-state index in [1.54, 1.807) is 18.2 Å². The van der Waals surface area contributed by atoms with Gasteiger partial charge in [-0.2, -0.15) is 0 Å². The Morgan fingerprint density at radius 2 is 1.81 bits per heavy atom. The topological polar surface area (TPSA) is 67.9 Å². The molecule has 3 rings (SSSR count). The number of methoxy groups -OCH3 is 2. The van der Waals surface area contributed by atoms with E-state index in [4.69, 9.17) is 9.47 Å². The maximum atomic E-state index is 14.2. The lowest BCUT2D eigenvalue weighted by molar-refractivity contribution is -0.131. The molecule has 142 valence electrons. The van der Waals surface area contributed by atoms with Crippen molar-refractivity contribution < 1.29 is 27.8 Å². The molecule has 1 aliphatic heterocycles. The van der Waals surface area contributed by atoms with Gasteiger partial charge in [-0.1, -0.05) is 0 Å². The number of rotatable bonds is 5. The van der Waals surface area contributed by atoms with Gasteiger partial charge in [0, 0.05) is 11.1 Å². The van der Waals surface area contributed by atoms with E-state index in [-0.39, 0.29) is 12.1 Å². The Morgan fingerprint density at radius 3 is 2.48 bits per heavy atom. The minimum absolute atomic E-state index is 0.114. The summed E-state index contributed by atoms with van der Waals surface area (Å²) < 4.78 is 38.2. The van der Waals surface area contributed by atoms with Gasteiger partial charge in [0.15, 0.2) is 0 Å². The number of amides is 3. The smallest absolute Gasteiger partial charge is 0.325 e. The number of ether oxygens (including phenoxy) is 2. The fourth-order valence-corrected chi connectivity index (χ4v) is 3.08. The molecule has 6 nitrogen and oxygen atoms in total. The molecule has 0 spiro atoms. The normalized spacial score (nSPS) is 19.2. The summed E-state index contributed by atoms with van der Waals surface area (Å²) in [6.45, 7) is 1.23. The third kappa shape index (κ3) is 3.18. The van der Waals surface area contributed by atoms with E-state index in [1.807, 2.05) is 0 Å². The lowest BCUT2D eigenvalue weighted by Gasteiger charge is -2.23. The fraction of sp³-hybridized carbons (Fsp3) is 0.263. The van der Waals surface area contributed by atoms with Crippen molar-refractivity contribution in [2.45, 2.75) is 19.0 Å². The monoisotopic (exact) mass is 376 g/mol. The molecule has 0 unspecified atom stereocenters. The summed E-state index contributed by atoms with van der Waals surface area (Å²) in [7, 11) is 2.95. The Kier molecular flexibility index (Phi) is 4.73. The molecular formula is C19H18F2N2O4. The van der Waals surface area contributed by atoms with Gasteiger partial charge < -0.3 is 14.8 Å². The van der Waals surface area contributed by atoms with E-state index in [1.165, 1.54) is 21.1 Å². The minimum Gasteiger partial charge on any atom is -0.497 e. The molecule has 0 aliphatic carbocycles. The number of nitrogens with one attached hydrogen (secondary N) is 1. The van der Waals surface area contributed by atoms with Gasteiger partial charge in [0.05, 0.1) is 20.8 Å². The maximum absolute atomic E-state index is 14.2. The highest BCUT2D eigenvalue weighted by atomic mass is 19.1. The number of carbonyl (C=O) groups is 2. The third-order valence-corrected chi connectivity index (χ3v) is 4.56. The molecule has 3 amide bonds. The zero-order chi connectivity index (χ0) is 19.8. The Hall–Kier alpha value is -3.16. The first-order valence-electron chi connectivity index (χ1n) is 8.10. The summed E-state index contributed by atoms with van der Waals surface area (Å²) >= 11 is 0. The van der Waals surface area contributed by atoms with Gasteiger partial charge in [0.25, 0.3) is 5.91 Å². The van der Waals surface area contributed by atoms with E-state index in [0.717, 1.165) is 23.1 Å². The predicted molar refractivity (Wildman–Crippen MR) is 92.3 cm³/mol. The summed E-state index contributed by atoms with van der Waals surface area (Å²) in [5.41, 5.74) is -1.42. The number of hydrogen-bond donors (Lipinski definition) is 1. The van der Waals surface area contributed by atoms with Gasteiger partial charge in [0.1, 0.15) is 28.7 Å². The first kappa shape index (κ1) is 18.6. The highest BCUT2D eigenvalue weighted by Gasteiger charge is 2.50. The van der Waals surface area contributed by atoms with Crippen molar-refractivity contribution in [1.29, 1.82) is 0 Å². The Balaban J connectivity index is 1.97. The zero-order valence-electron chi connectivity index (χ0n) is 15.0. The highest BCUT2D eigenvalue weighted by Crippen LogP contribution is 2.33. The number of halogens is 2. The molecule has 1 heterocycles. The van der Waals surface area contributed by atoms with Crippen LogP contribution in [-0.4, -0.2) is 31.1 Å². The van der Waals surface area contributed by atoms with Crippen molar-refractivity contribution in [3.63, 3.8) is 0 Å². The molecule has 2 aromatic carbocycles. The van der Waals surface area contributed by atoms with E-state index in [9.17, 15) is 18.4 Å². The second kappa shape index (κ2) is 6.86. The van der Waals surface area contributed by atoms with Crippen LogP contribution in [-0.2, 0) is 16.9 Å². The van der Waals surface area contributed by atoms with Gasteiger partial charge in [-0.15, -0.1) is 0 Å². The van der Waals surface area contributed by atoms with Gasteiger partial charge in [0.2, 0.25) is 0 Å². The molecule has 0 bridgehead atoms. The Bertz CT molecular complexity index is 919. The van der Waals surface area contributed by atoms with Gasteiger partial charge in [-0.25, -0.2) is 13.6 Å². The number of hydrogen-bond acceptors (Lipinski definition) is 4. The molecule has 1 N–H and O–H groups in total. The number of carbonyl (C=O) groups excluding carboxylic acids is 2. The van der Waals surface area contributed by atoms with Crippen LogP contribution in [0, 0.1) is 11.6 Å². The van der Waals surface area contributed by atoms with Crippen LogP contribution in [0.15, 0.2) is 36.4 Å². The van der Waals surface area contributed by atoms with Crippen molar-refractivity contribution in [2.24, 2.45) is 0 Å². The molecule has 2 aromatic rings. The average molecular weight is 376 g/mol. The molecule has 1 atom stereocenters. The second-order valence-electron chi connectivity index (χ2n) is 6.25. The summed E-state index contributed by atoms with van der Waals surface area (Å²) in [6, 6.07) is 7.03. The average Bonchev–Trinajstić information content (AvgIpc) is 2.87. The van der Waals surface area contributed by atoms with Crippen LogP contribution < -0.4 is 14.8 Å².